The number of likely N-dealkylation sites (tertiary alicyclic amines) is 1. The molecule has 0 radical (unpaired) electrons. The molecule has 0 saturated carbocycles. The highest BCUT2D eigenvalue weighted by Crippen LogP contribution is 2.58. The van der Waals surface area contributed by atoms with Crippen LogP contribution in [0.2, 0.25) is 0 Å². The molecule has 3 rings (SSSR count). The molecule has 1 spiro atoms. The fourth-order valence-corrected chi connectivity index (χ4v) is 5.65. The first-order chi connectivity index (χ1) is 16.0. The van der Waals surface area contributed by atoms with Gasteiger partial charge in [0.25, 0.3) is 0 Å². The van der Waals surface area contributed by atoms with Gasteiger partial charge < -0.3 is 24.4 Å². The minimum absolute atomic E-state index is 0.0905. The number of ether oxygens (including phenoxy) is 2. The van der Waals surface area contributed by atoms with Crippen molar-refractivity contribution in [1.29, 1.82) is 0 Å². The Balaban J connectivity index is 1.89. The third kappa shape index (κ3) is 4.73. The van der Waals surface area contributed by atoms with Gasteiger partial charge in [-0.05, 0) is 38.5 Å². The van der Waals surface area contributed by atoms with E-state index in [2.05, 4.69) is 20.1 Å². The minimum Gasteiger partial charge on any atom is -0.465 e. The molecule has 8 heteroatoms. The lowest BCUT2D eigenvalue weighted by molar-refractivity contribution is -0.155. The number of aliphatic hydroxyl groups excluding tert-OH is 1. The van der Waals surface area contributed by atoms with Gasteiger partial charge in [-0.1, -0.05) is 25.5 Å². The summed E-state index contributed by atoms with van der Waals surface area (Å²) < 4.78 is 11.9. The van der Waals surface area contributed by atoms with E-state index in [1.165, 1.54) is 0 Å². The van der Waals surface area contributed by atoms with Crippen LogP contribution in [0.1, 0.15) is 51.9 Å². The Labute approximate surface area is 196 Å². The van der Waals surface area contributed by atoms with Crippen LogP contribution in [0.3, 0.4) is 0 Å². The number of rotatable bonds is 14. The average Bonchev–Trinajstić information content (AvgIpc) is 3.45. The van der Waals surface area contributed by atoms with E-state index in [9.17, 15) is 19.5 Å². The Kier molecular flexibility index (Phi) is 8.70. The highest BCUT2D eigenvalue weighted by Gasteiger charge is 2.74. The molecule has 2 unspecified atom stereocenters. The smallest absolute Gasteiger partial charge is 0.312 e. The lowest BCUT2D eigenvalue weighted by Crippen LogP contribution is -2.56. The lowest BCUT2D eigenvalue weighted by Gasteiger charge is -2.36. The number of allylic oxidation sites excluding steroid dienone is 1. The maximum Gasteiger partial charge on any atom is 0.312 e. The molecule has 0 aromatic rings. The molecular weight excluding hydrogens is 424 g/mol. The Hall–Kier alpha value is -2.19. The second kappa shape index (κ2) is 11.3. The second-order valence-corrected chi connectivity index (χ2v) is 9.19. The zero-order chi connectivity index (χ0) is 24.0. The van der Waals surface area contributed by atoms with Crippen molar-refractivity contribution in [2.45, 2.75) is 69.6 Å². The van der Waals surface area contributed by atoms with Crippen molar-refractivity contribution in [2.24, 2.45) is 11.8 Å². The number of amides is 2. The minimum atomic E-state index is -1.02. The number of hydrogen-bond acceptors (Lipinski definition) is 6. The van der Waals surface area contributed by atoms with Crippen LogP contribution in [0.15, 0.2) is 25.3 Å². The van der Waals surface area contributed by atoms with Gasteiger partial charge in [0.05, 0.1) is 24.5 Å². The van der Waals surface area contributed by atoms with E-state index >= 15 is 0 Å². The fraction of sp³-hybridized carbons (Fsp3) is 0.720. The molecule has 1 N–H and O–H groups in total. The van der Waals surface area contributed by atoms with Crippen LogP contribution < -0.4 is 0 Å². The van der Waals surface area contributed by atoms with Gasteiger partial charge in [-0.15, -0.1) is 13.2 Å². The van der Waals surface area contributed by atoms with Gasteiger partial charge in [-0.25, -0.2) is 0 Å². The molecule has 2 bridgehead atoms. The molecule has 3 aliphatic heterocycles. The normalized spacial score (nSPS) is 29.8. The summed E-state index contributed by atoms with van der Waals surface area (Å²) in [5.74, 6) is -2.27. The predicted molar refractivity (Wildman–Crippen MR) is 123 cm³/mol. The lowest BCUT2D eigenvalue weighted by atomic mass is 9.70. The summed E-state index contributed by atoms with van der Waals surface area (Å²) in [6.45, 7) is 10.9. The van der Waals surface area contributed by atoms with Gasteiger partial charge in [0.2, 0.25) is 11.8 Å². The summed E-state index contributed by atoms with van der Waals surface area (Å²) >= 11 is 0. The first-order valence-electron chi connectivity index (χ1n) is 12.2. The molecule has 0 aromatic heterocycles. The Morgan fingerprint density at radius 3 is 2.76 bits per heavy atom. The third-order valence-electron chi connectivity index (χ3n) is 7.10. The van der Waals surface area contributed by atoms with E-state index in [0.717, 1.165) is 19.3 Å². The number of unbranched alkanes of at least 4 members (excludes halogenated alkanes) is 2. The molecule has 5 atom stereocenters. The fourth-order valence-electron chi connectivity index (χ4n) is 5.65. The molecule has 0 aliphatic carbocycles. The van der Waals surface area contributed by atoms with Crippen molar-refractivity contribution in [2.75, 3.05) is 32.8 Å². The molecular formula is C25H38N2O6. The topological polar surface area (TPSA) is 96.4 Å². The SMILES string of the molecule is C=CCCCOC(=O)[C@@H]1[C@@H]2CCC3(O2)C(C(=O)N(CC=C)CCCC)N(CCCO)C(=O)[C@H]13. The van der Waals surface area contributed by atoms with Crippen molar-refractivity contribution >= 4 is 17.8 Å². The summed E-state index contributed by atoms with van der Waals surface area (Å²) in [5, 5.41) is 9.40. The van der Waals surface area contributed by atoms with Crippen LogP contribution >= 0.6 is 0 Å². The van der Waals surface area contributed by atoms with Crippen LogP contribution in [-0.4, -0.2) is 83.3 Å². The molecule has 8 nitrogen and oxygen atoms in total. The Bertz CT molecular complexity index is 755. The van der Waals surface area contributed by atoms with Crippen molar-refractivity contribution in [3.8, 4) is 0 Å². The Morgan fingerprint density at radius 2 is 2.09 bits per heavy atom. The van der Waals surface area contributed by atoms with E-state index < -0.39 is 35.6 Å². The Morgan fingerprint density at radius 1 is 1.30 bits per heavy atom. The zero-order valence-electron chi connectivity index (χ0n) is 19.7. The molecule has 3 saturated heterocycles. The first-order valence-corrected chi connectivity index (χ1v) is 12.2. The quantitative estimate of drug-likeness (QED) is 0.241. The molecule has 33 heavy (non-hydrogen) atoms. The number of fused-ring (bicyclic) bond motifs is 1. The third-order valence-corrected chi connectivity index (χ3v) is 7.10. The number of hydrogen-bond donors (Lipinski definition) is 1. The second-order valence-electron chi connectivity index (χ2n) is 9.19. The van der Waals surface area contributed by atoms with Gasteiger partial charge in [-0.3, -0.25) is 14.4 Å². The maximum absolute atomic E-state index is 13.8. The van der Waals surface area contributed by atoms with E-state index in [0.29, 0.717) is 38.8 Å². The zero-order valence-corrected chi connectivity index (χ0v) is 19.7. The van der Waals surface area contributed by atoms with E-state index in [4.69, 9.17) is 9.47 Å². The summed E-state index contributed by atoms with van der Waals surface area (Å²) in [4.78, 5) is 43.7. The standard InChI is InChI=1S/C25H38N2O6/c1-4-7-9-17-32-24(31)19-18-11-12-25(33-18)20(19)22(29)27(15-10-16-28)21(25)23(30)26(13-6-3)14-8-5-2/h4,6,18-21,28H,1,3,5,7-17H2,2H3/t18-,19+,20-,21?,25?/m0/s1. The number of carbonyl (C=O) groups is 3. The van der Waals surface area contributed by atoms with Gasteiger partial charge in [0, 0.05) is 26.2 Å². The van der Waals surface area contributed by atoms with Gasteiger partial charge >= 0.3 is 5.97 Å². The molecule has 3 fully saturated rings. The van der Waals surface area contributed by atoms with Gasteiger partial charge in [-0.2, -0.15) is 0 Å². The van der Waals surface area contributed by atoms with Crippen molar-refractivity contribution in [1.82, 2.24) is 9.80 Å². The van der Waals surface area contributed by atoms with Crippen LogP contribution in [-0.2, 0) is 23.9 Å². The van der Waals surface area contributed by atoms with Crippen LogP contribution in [0.4, 0.5) is 0 Å². The molecule has 3 heterocycles. The largest absolute Gasteiger partial charge is 0.465 e. The van der Waals surface area contributed by atoms with Gasteiger partial charge in [0.1, 0.15) is 11.6 Å². The monoisotopic (exact) mass is 462 g/mol. The van der Waals surface area contributed by atoms with Crippen LogP contribution in [0.5, 0.6) is 0 Å². The summed E-state index contributed by atoms with van der Waals surface area (Å²) in [5.41, 5.74) is -1.02. The van der Waals surface area contributed by atoms with E-state index in [1.807, 2.05) is 0 Å². The van der Waals surface area contributed by atoms with Gasteiger partial charge in [0.15, 0.2) is 0 Å². The molecule has 184 valence electrons. The van der Waals surface area contributed by atoms with E-state index in [-0.39, 0.29) is 31.6 Å². The molecule has 3 aliphatic rings. The average molecular weight is 463 g/mol. The molecule has 2 amide bonds. The highest BCUT2D eigenvalue weighted by atomic mass is 16.6. The molecule has 0 aromatic carbocycles. The van der Waals surface area contributed by atoms with Crippen molar-refractivity contribution in [3.05, 3.63) is 25.3 Å². The number of esters is 1. The summed E-state index contributed by atoms with van der Waals surface area (Å²) in [7, 11) is 0. The number of aliphatic hydroxyl groups is 1. The maximum atomic E-state index is 13.8. The van der Waals surface area contributed by atoms with Crippen molar-refractivity contribution in [3.63, 3.8) is 0 Å². The van der Waals surface area contributed by atoms with E-state index in [1.54, 1.807) is 22.0 Å². The van der Waals surface area contributed by atoms with Crippen LogP contribution in [0.25, 0.3) is 0 Å². The summed E-state index contributed by atoms with van der Waals surface area (Å²) in [6, 6.07) is -0.804. The first kappa shape index (κ1) is 25.4. The highest BCUT2D eigenvalue weighted by molar-refractivity contribution is 5.98. The van der Waals surface area contributed by atoms with Crippen LogP contribution in [0, 0.1) is 11.8 Å². The van der Waals surface area contributed by atoms with Crippen molar-refractivity contribution < 1.29 is 29.0 Å². The number of carbonyl (C=O) groups excluding carboxylic acids is 3. The predicted octanol–water partition coefficient (Wildman–Crippen LogP) is 2.07. The number of nitrogens with zero attached hydrogens (tertiary/aromatic N) is 2. The summed E-state index contributed by atoms with van der Waals surface area (Å²) in [6.07, 6.45) is 7.77.